The Labute approximate surface area is 97.5 Å². The molecule has 5 heteroatoms. The van der Waals surface area contributed by atoms with Crippen LogP contribution in [0.25, 0.3) is 11.3 Å². The quantitative estimate of drug-likeness (QED) is 0.869. The van der Waals surface area contributed by atoms with Gasteiger partial charge in [0, 0.05) is 18.3 Å². The minimum Gasteiger partial charge on any atom is -0.357 e. The fourth-order valence-electron chi connectivity index (χ4n) is 1.51. The first-order valence-electron chi connectivity index (χ1n) is 5.09. The van der Waals surface area contributed by atoms with Gasteiger partial charge in [-0.05, 0) is 31.2 Å². The molecule has 88 valence electrons. The molecule has 0 radical (unpaired) electrons. The van der Waals surface area contributed by atoms with Gasteiger partial charge >= 0.3 is 0 Å². The number of hydrogen-bond acceptors (Lipinski definition) is 3. The second-order valence-electron chi connectivity index (χ2n) is 3.59. The summed E-state index contributed by atoms with van der Waals surface area (Å²) in [4.78, 5) is 8.19. The topological polar surface area (TPSA) is 37.8 Å². The summed E-state index contributed by atoms with van der Waals surface area (Å²) in [6.45, 7) is 1.77. The Morgan fingerprint density at radius 1 is 1.12 bits per heavy atom. The zero-order valence-corrected chi connectivity index (χ0v) is 9.46. The van der Waals surface area contributed by atoms with Gasteiger partial charge < -0.3 is 5.32 Å². The SMILES string of the molecule is CNc1nc(C)cc(-c2cc(F)ccc2F)n1. The van der Waals surface area contributed by atoms with Crippen LogP contribution in [0, 0.1) is 18.6 Å². The Balaban J connectivity index is 2.59. The largest absolute Gasteiger partial charge is 0.357 e. The number of nitrogens with one attached hydrogen (secondary N) is 1. The van der Waals surface area contributed by atoms with E-state index in [0.717, 1.165) is 18.2 Å². The number of benzene rings is 1. The van der Waals surface area contributed by atoms with Crippen molar-refractivity contribution in [3.8, 4) is 11.3 Å². The van der Waals surface area contributed by atoms with E-state index < -0.39 is 11.6 Å². The number of anilines is 1. The number of rotatable bonds is 2. The molecule has 3 nitrogen and oxygen atoms in total. The van der Waals surface area contributed by atoms with E-state index in [1.807, 2.05) is 0 Å². The van der Waals surface area contributed by atoms with Crippen LogP contribution in [0.1, 0.15) is 5.69 Å². The summed E-state index contributed by atoms with van der Waals surface area (Å²) >= 11 is 0. The lowest BCUT2D eigenvalue weighted by Crippen LogP contribution is -2.00. The lowest BCUT2D eigenvalue weighted by atomic mass is 10.1. The van der Waals surface area contributed by atoms with Crippen LogP contribution in [0.2, 0.25) is 0 Å². The highest BCUT2D eigenvalue weighted by atomic mass is 19.1. The molecule has 0 amide bonds. The van der Waals surface area contributed by atoms with E-state index in [-0.39, 0.29) is 5.56 Å². The van der Waals surface area contributed by atoms with Crippen LogP contribution >= 0.6 is 0 Å². The van der Waals surface area contributed by atoms with Crippen LogP contribution in [-0.4, -0.2) is 17.0 Å². The van der Waals surface area contributed by atoms with Gasteiger partial charge in [0.2, 0.25) is 5.95 Å². The molecule has 0 fully saturated rings. The molecule has 0 aliphatic carbocycles. The molecule has 0 saturated heterocycles. The van der Waals surface area contributed by atoms with E-state index in [1.165, 1.54) is 0 Å². The average molecular weight is 235 g/mol. The average Bonchev–Trinajstić information content (AvgIpc) is 2.31. The van der Waals surface area contributed by atoms with E-state index in [9.17, 15) is 8.78 Å². The predicted molar refractivity (Wildman–Crippen MR) is 61.7 cm³/mol. The third-order valence-corrected chi connectivity index (χ3v) is 2.28. The molecular formula is C12H11F2N3. The normalized spacial score (nSPS) is 10.4. The van der Waals surface area contributed by atoms with E-state index in [0.29, 0.717) is 17.3 Å². The highest BCUT2D eigenvalue weighted by molar-refractivity contribution is 5.61. The number of hydrogen-bond donors (Lipinski definition) is 1. The summed E-state index contributed by atoms with van der Waals surface area (Å²) in [6, 6.07) is 4.89. The molecule has 0 aliphatic heterocycles. The zero-order chi connectivity index (χ0) is 12.4. The Kier molecular flexibility index (Phi) is 2.99. The summed E-state index contributed by atoms with van der Waals surface area (Å²) in [5.74, 6) is -0.626. The molecule has 0 aliphatic rings. The summed E-state index contributed by atoms with van der Waals surface area (Å²) < 4.78 is 26.7. The predicted octanol–water partition coefficient (Wildman–Crippen LogP) is 2.77. The first-order valence-corrected chi connectivity index (χ1v) is 5.09. The first kappa shape index (κ1) is 11.4. The Hall–Kier alpha value is -2.04. The van der Waals surface area contributed by atoms with Gasteiger partial charge in [0.05, 0.1) is 5.69 Å². The maximum atomic E-state index is 13.6. The highest BCUT2D eigenvalue weighted by Crippen LogP contribution is 2.23. The minimum atomic E-state index is -0.508. The van der Waals surface area contributed by atoms with Crippen LogP contribution in [-0.2, 0) is 0 Å². The monoisotopic (exact) mass is 235 g/mol. The Morgan fingerprint density at radius 3 is 2.59 bits per heavy atom. The fourth-order valence-corrected chi connectivity index (χ4v) is 1.51. The number of aromatic nitrogens is 2. The minimum absolute atomic E-state index is 0.131. The summed E-state index contributed by atoms with van der Waals surface area (Å²) in [6.07, 6.45) is 0. The van der Waals surface area contributed by atoms with Crippen LogP contribution in [0.4, 0.5) is 14.7 Å². The lowest BCUT2D eigenvalue weighted by molar-refractivity contribution is 0.602. The third kappa shape index (κ3) is 2.38. The highest BCUT2D eigenvalue weighted by Gasteiger charge is 2.10. The van der Waals surface area contributed by atoms with Crippen molar-refractivity contribution < 1.29 is 8.78 Å². The molecule has 0 atom stereocenters. The van der Waals surface area contributed by atoms with E-state index in [2.05, 4.69) is 15.3 Å². The number of halogens is 2. The smallest absolute Gasteiger partial charge is 0.223 e. The molecule has 0 bridgehead atoms. The third-order valence-electron chi connectivity index (χ3n) is 2.28. The van der Waals surface area contributed by atoms with Gasteiger partial charge in [0.15, 0.2) is 0 Å². The van der Waals surface area contributed by atoms with Crippen LogP contribution in [0.5, 0.6) is 0 Å². The van der Waals surface area contributed by atoms with Crippen molar-refractivity contribution >= 4 is 5.95 Å². The maximum absolute atomic E-state index is 13.6. The second-order valence-corrected chi connectivity index (χ2v) is 3.59. The molecule has 1 aromatic carbocycles. The van der Waals surface area contributed by atoms with Crippen molar-refractivity contribution in [2.75, 3.05) is 12.4 Å². The van der Waals surface area contributed by atoms with Gasteiger partial charge in [-0.2, -0.15) is 0 Å². The summed E-state index contributed by atoms with van der Waals surface area (Å²) in [5.41, 5.74) is 1.17. The van der Waals surface area contributed by atoms with Gasteiger partial charge in [-0.15, -0.1) is 0 Å². The van der Waals surface area contributed by atoms with Gasteiger partial charge in [0.1, 0.15) is 11.6 Å². The molecule has 17 heavy (non-hydrogen) atoms. The number of aryl methyl sites for hydroxylation is 1. The van der Waals surface area contributed by atoms with Gasteiger partial charge in [-0.3, -0.25) is 0 Å². The molecule has 0 saturated carbocycles. The van der Waals surface area contributed by atoms with E-state index in [4.69, 9.17) is 0 Å². The molecule has 2 rings (SSSR count). The van der Waals surface area contributed by atoms with E-state index in [1.54, 1.807) is 20.0 Å². The van der Waals surface area contributed by atoms with Crippen molar-refractivity contribution in [1.82, 2.24) is 9.97 Å². The molecule has 1 heterocycles. The Bertz CT molecular complexity index is 555. The molecule has 0 unspecified atom stereocenters. The van der Waals surface area contributed by atoms with Crippen molar-refractivity contribution in [3.05, 3.63) is 41.6 Å². The second kappa shape index (κ2) is 4.45. The standard InChI is InChI=1S/C12H11F2N3/c1-7-5-11(17-12(15-2)16-7)9-6-8(13)3-4-10(9)14/h3-6H,1-2H3,(H,15,16,17). The summed E-state index contributed by atoms with van der Waals surface area (Å²) in [7, 11) is 1.67. The maximum Gasteiger partial charge on any atom is 0.223 e. The summed E-state index contributed by atoms with van der Waals surface area (Å²) in [5, 5.41) is 2.77. The zero-order valence-electron chi connectivity index (χ0n) is 9.46. The molecule has 2 aromatic rings. The molecule has 1 N–H and O–H groups in total. The van der Waals surface area contributed by atoms with Crippen molar-refractivity contribution in [2.24, 2.45) is 0 Å². The van der Waals surface area contributed by atoms with E-state index >= 15 is 0 Å². The molecular weight excluding hydrogens is 224 g/mol. The Morgan fingerprint density at radius 2 is 1.88 bits per heavy atom. The van der Waals surface area contributed by atoms with Gasteiger partial charge in [-0.1, -0.05) is 0 Å². The molecule has 1 aromatic heterocycles. The number of nitrogens with zero attached hydrogens (tertiary/aromatic N) is 2. The van der Waals surface area contributed by atoms with Crippen LogP contribution in [0.3, 0.4) is 0 Å². The van der Waals surface area contributed by atoms with Crippen molar-refractivity contribution in [2.45, 2.75) is 6.92 Å². The lowest BCUT2D eigenvalue weighted by Gasteiger charge is -2.06. The van der Waals surface area contributed by atoms with Crippen molar-refractivity contribution in [3.63, 3.8) is 0 Å². The van der Waals surface area contributed by atoms with Gasteiger partial charge in [0.25, 0.3) is 0 Å². The van der Waals surface area contributed by atoms with Crippen LogP contribution < -0.4 is 5.32 Å². The fraction of sp³-hybridized carbons (Fsp3) is 0.167. The molecule has 0 spiro atoms. The first-order chi connectivity index (χ1) is 8.10. The van der Waals surface area contributed by atoms with Gasteiger partial charge in [-0.25, -0.2) is 18.7 Å². The van der Waals surface area contributed by atoms with Crippen molar-refractivity contribution in [1.29, 1.82) is 0 Å². The van der Waals surface area contributed by atoms with Crippen LogP contribution in [0.15, 0.2) is 24.3 Å².